The van der Waals surface area contributed by atoms with E-state index in [0.29, 0.717) is 80.6 Å². The van der Waals surface area contributed by atoms with Gasteiger partial charge in [0.05, 0.1) is 124 Å². The van der Waals surface area contributed by atoms with Crippen molar-refractivity contribution in [3.8, 4) is 68.1 Å². The highest BCUT2D eigenvalue weighted by Crippen LogP contribution is 2.53. The first-order valence-corrected chi connectivity index (χ1v) is 46.4. The molecule has 3 aromatic carbocycles. The molecule has 0 radical (unpaired) electrons. The highest BCUT2D eigenvalue weighted by molar-refractivity contribution is 7.99. The van der Waals surface area contributed by atoms with E-state index in [0.717, 1.165) is 52.6 Å². The van der Waals surface area contributed by atoms with Crippen LogP contribution in [0.4, 0.5) is 49.5 Å². The van der Waals surface area contributed by atoms with Gasteiger partial charge in [0.1, 0.15) is 51.3 Å². The Morgan fingerprint density at radius 2 is 0.822 bits per heavy atom. The predicted octanol–water partition coefficient (Wildman–Crippen LogP) is 14.4. The highest BCUT2D eigenvalue weighted by atomic mass is 35.5. The van der Waals surface area contributed by atoms with Crippen LogP contribution in [-0.2, 0) is 29.0 Å². The summed E-state index contributed by atoms with van der Waals surface area (Å²) in [5.41, 5.74) is -1.04. The van der Waals surface area contributed by atoms with Gasteiger partial charge in [-0.3, -0.25) is 34.1 Å². The van der Waals surface area contributed by atoms with Gasteiger partial charge in [-0.15, -0.1) is 11.8 Å². The standard InChI is InChI=1S/C31H28ClF2N7O4.C31H29ClF2N6O5S.C31H29ClF2N6O3S/c1-6-19(43)39-11-15(5)40-17(12-39)30(44)37-26-21-28(36-25(22(26)32)20-18(42)8-7-16(33)23(20)34)41(31(45)38-29(21)40)27-14(4)9-10-35-24(27)13(2)3;1-6-20(42)38-11-16(5)39-17(12-38)13-46(44,45)28-22-29(36-26(23(28)32)21-19(41)8-7-18(33)24(21)34)40(31(43)37-30(22)39)27-15(4)9-10-35-25(27)14(2)3;1-6-20(42)38-11-16(5)39-17(12-38)13-44-28-22-29(36-26(23(28)32)21-19(41)8-7-18(33)24(21)34)40(31(43)37-30(22)39)27-15(4)9-10-35-25(27)14(2)3/h6-10,13,15,17,42H,1,11-12H2,2-5H3,(H,37,44);6-10,14,16-17,41H,1,11-13H2,2-5H3;6-10,14,16-17,41H,1,11-13H2,2-5H3. The number of sulfone groups is 1. The molecule has 0 saturated carbocycles. The molecule has 0 spiro atoms. The zero-order valence-electron chi connectivity index (χ0n) is 74.4. The topological polar surface area (TPSA) is 377 Å². The van der Waals surface area contributed by atoms with E-state index in [1.807, 2.05) is 60.3 Å². The van der Waals surface area contributed by atoms with E-state index >= 15 is 13.2 Å². The third-order valence-electron chi connectivity index (χ3n) is 24.6. The number of amides is 4. The number of phenolic OH excluding ortho intramolecular Hbond substituents is 3. The number of nitrogens with one attached hydrogen (secondary N) is 1. The molecule has 3 fully saturated rings. The van der Waals surface area contributed by atoms with Gasteiger partial charge in [0.25, 0.3) is 0 Å². The molecule has 9 aromatic heterocycles. The Morgan fingerprint density at radius 1 is 0.474 bits per heavy atom. The number of hydrogen-bond donors (Lipinski definition) is 4. The molecular weight excluding hydrogens is 1860 g/mol. The average Bonchev–Trinajstić information content (AvgIpc) is 1.53. The van der Waals surface area contributed by atoms with Gasteiger partial charge >= 0.3 is 17.1 Å². The molecule has 6 atom stereocenters. The summed E-state index contributed by atoms with van der Waals surface area (Å²) in [6.45, 7) is 33.9. The van der Waals surface area contributed by atoms with Crippen LogP contribution < -0.4 is 37.1 Å². The van der Waals surface area contributed by atoms with Gasteiger partial charge in [-0.25, -0.2) is 77.8 Å². The zero-order valence-corrected chi connectivity index (χ0v) is 78.3. The van der Waals surface area contributed by atoms with Crippen LogP contribution in [0.15, 0.2) is 135 Å². The summed E-state index contributed by atoms with van der Waals surface area (Å²) in [4.78, 5) is 145. The lowest BCUT2D eigenvalue weighted by atomic mass is 10.0. The van der Waals surface area contributed by atoms with Gasteiger partial charge < -0.3 is 50.0 Å². The first-order chi connectivity index (χ1) is 64.0. The van der Waals surface area contributed by atoms with Crippen LogP contribution in [0.3, 0.4) is 0 Å². The average molecular weight is 1950 g/mol. The minimum absolute atomic E-state index is 0.0194. The van der Waals surface area contributed by atoms with Crippen LogP contribution in [0.2, 0.25) is 15.1 Å². The molecule has 4 N–H and O–H groups in total. The first-order valence-electron chi connectivity index (χ1n) is 42.6. The van der Waals surface area contributed by atoms with Crippen molar-refractivity contribution in [3.63, 3.8) is 0 Å². The summed E-state index contributed by atoms with van der Waals surface area (Å²) in [6.07, 6.45) is 8.39. The number of phenols is 3. The summed E-state index contributed by atoms with van der Waals surface area (Å²) >= 11 is 22.0. The molecule has 0 bridgehead atoms. The fraction of sp³-hybridized carbons (Fsp3) is 0.312. The molecule has 18 rings (SSSR count). The van der Waals surface area contributed by atoms with Gasteiger partial charge in [0, 0.05) is 80.1 Å². The van der Waals surface area contributed by atoms with Crippen LogP contribution in [0, 0.1) is 55.7 Å². The number of aromatic hydroxyl groups is 3. The molecular formula is C93H86Cl3F6N19O12S2. The maximum Gasteiger partial charge on any atom is 0.355 e. The second kappa shape index (κ2) is 36.1. The molecule has 135 heavy (non-hydrogen) atoms. The number of pyridine rings is 6. The molecule has 6 aliphatic rings. The number of halogens is 9. The minimum Gasteiger partial charge on any atom is -0.507 e. The lowest BCUT2D eigenvalue weighted by Gasteiger charge is -2.45. The Balaban J connectivity index is 0.000000147. The predicted molar refractivity (Wildman–Crippen MR) is 500 cm³/mol. The molecule has 42 heteroatoms. The van der Waals surface area contributed by atoms with Crippen LogP contribution in [0.5, 0.6) is 17.2 Å². The number of aryl methyl sites for hydroxylation is 3. The van der Waals surface area contributed by atoms with E-state index in [-0.39, 0.29) is 134 Å². The second-order valence-electron chi connectivity index (χ2n) is 34.4. The number of carbonyl (C=O) groups excluding carboxylic acids is 4. The zero-order chi connectivity index (χ0) is 97.5. The van der Waals surface area contributed by atoms with Crippen molar-refractivity contribution in [2.24, 2.45) is 0 Å². The summed E-state index contributed by atoms with van der Waals surface area (Å²) in [5, 5.41) is 34.4. The number of nitrogens with zero attached hydrogens (tertiary/aromatic N) is 18. The van der Waals surface area contributed by atoms with Crippen LogP contribution >= 0.6 is 46.6 Å². The Morgan fingerprint density at radius 3 is 1.23 bits per heavy atom. The molecule has 15 heterocycles. The molecule has 3 saturated heterocycles. The quantitative estimate of drug-likeness (QED) is 0.0652. The summed E-state index contributed by atoms with van der Waals surface area (Å²) in [7, 11) is -4.43. The Bertz CT molecular complexity index is 7480. The Kier molecular flexibility index (Phi) is 25.4. The van der Waals surface area contributed by atoms with Gasteiger partial charge in [-0.2, -0.15) is 15.0 Å². The third kappa shape index (κ3) is 16.0. The van der Waals surface area contributed by atoms with Gasteiger partial charge in [-0.1, -0.05) is 96.1 Å². The number of piperazine rings is 3. The van der Waals surface area contributed by atoms with E-state index < -0.39 is 159 Å². The third-order valence-corrected chi connectivity index (χ3v) is 29.0. The van der Waals surface area contributed by atoms with Crippen molar-refractivity contribution in [1.82, 2.24) is 73.3 Å². The van der Waals surface area contributed by atoms with Crippen LogP contribution in [-0.4, -0.2) is 208 Å². The minimum atomic E-state index is -4.43. The normalized spacial score (nSPS) is 18.2. The first kappa shape index (κ1) is 94.8. The number of benzene rings is 3. The molecule has 31 nitrogen and oxygen atoms in total. The number of hydrogen-bond acceptors (Lipinski definition) is 25. The fourth-order valence-electron chi connectivity index (χ4n) is 18.6. The van der Waals surface area contributed by atoms with Gasteiger partial charge in [0.15, 0.2) is 61.7 Å². The summed E-state index contributed by atoms with van der Waals surface area (Å²) < 4.78 is 122. The molecule has 0 aliphatic carbocycles. The number of aromatic nitrogens is 12. The lowest BCUT2D eigenvalue weighted by Crippen LogP contribution is -2.62. The number of rotatable bonds is 12. The smallest absolute Gasteiger partial charge is 0.355 e. The van der Waals surface area contributed by atoms with Gasteiger partial charge in [-0.05, 0) is 149 Å². The molecule has 12 aromatic rings. The largest absolute Gasteiger partial charge is 0.507 e. The van der Waals surface area contributed by atoms with Crippen LogP contribution in [0.1, 0.15) is 114 Å². The SMILES string of the molecule is C=CC(=O)N1CC(C)N2c3nc(=O)n(-c4c(C)ccnc4C(C)C)c4nc(-c5c(O)ccc(F)c5F)c(Cl)c(c34)NC(=O)C2C1.C=CC(=O)N1CC(C)N2c3nc(=O)n(-c4c(C)ccnc4C(C)C)c4nc(-c5c(O)ccc(F)c5F)c(Cl)c(c34)S(=O)(=O)CC2C1.C=CC(=O)N1CC(C)N2c3nc(=O)n(-c4c(C)ccnc4C(C)C)c4nc(-c5c(O)ccc(F)c5F)c(Cl)c(c34)SCC2C1. The monoisotopic (exact) mass is 1940 g/mol. The fourth-order valence-corrected chi connectivity index (χ4v) is 22.9. The van der Waals surface area contributed by atoms with Crippen molar-refractivity contribution in [3.05, 3.63) is 226 Å². The Hall–Kier alpha value is -13.4. The van der Waals surface area contributed by atoms with E-state index in [1.54, 1.807) is 79.2 Å². The highest BCUT2D eigenvalue weighted by Gasteiger charge is 2.49. The molecule has 6 aliphatic heterocycles. The number of anilines is 4. The van der Waals surface area contributed by atoms with E-state index in [4.69, 9.17) is 39.8 Å². The van der Waals surface area contributed by atoms with Crippen LogP contribution in [0.25, 0.3) is 83.9 Å². The molecule has 700 valence electrons. The van der Waals surface area contributed by atoms with E-state index in [2.05, 4.69) is 64.9 Å². The molecule has 4 amide bonds. The number of thioether (sulfide) groups is 1. The maximum absolute atomic E-state index is 15.4. The molecule has 6 unspecified atom stereocenters. The van der Waals surface area contributed by atoms with Crippen molar-refractivity contribution in [2.45, 2.75) is 147 Å². The number of fused-ring (bicyclic) bond motifs is 6. The maximum atomic E-state index is 15.4. The van der Waals surface area contributed by atoms with Crippen molar-refractivity contribution < 1.29 is 69.3 Å². The Labute approximate surface area is 786 Å². The number of carbonyl (C=O) groups is 4. The summed E-state index contributed by atoms with van der Waals surface area (Å²) in [5.74, 6) is -11.8. The summed E-state index contributed by atoms with van der Waals surface area (Å²) in [6, 6.07) is 6.84. The van der Waals surface area contributed by atoms with E-state index in [9.17, 15) is 70.5 Å². The van der Waals surface area contributed by atoms with Crippen molar-refractivity contribution >= 4 is 136 Å². The van der Waals surface area contributed by atoms with Gasteiger partial charge in [0.2, 0.25) is 23.6 Å². The van der Waals surface area contributed by atoms with Crippen molar-refractivity contribution in [1.29, 1.82) is 0 Å². The van der Waals surface area contributed by atoms with E-state index in [1.165, 1.54) is 36.8 Å². The lowest BCUT2D eigenvalue weighted by molar-refractivity contribution is -0.129. The van der Waals surface area contributed by atoms with Crippen molar-refractivity contribution in [2.75, 3.05) is 70.8 Å². The second-order valence-corrected chi connectivity index (χ2v) is 38.6.